The minimum Gasteiger partial charge on any atom is -0.374 e. The Kier molecular flexibility index (Phi) is 5.48. The number of nitrogens with one attached hydrogen (secondary N) is 1. The lowest BCUT2D eigenvalue weighted by Gasteiger charge is -2.41. The molecule has 1 fully saturated rings. The van der Waals surface area contributed by atoms with Crippen molar-refractivity contribution in [2.75, 3.05) is 33.3 Å². The van der Waals surface area contributed by atoms with E-state index in [2.05, 4.69) is 17.1 Å². The van der Waals surface area contributed by atoms with E-state index in [-0.39, 0.29) is 12.1 Å². The summed E-state index contributed by atoms with van der Waals surface area (Å²) >= 11 is 12.7. The van der Waals surface area contributed by atoms with Crippen molar-refractivity contribution in [1.82, 2.24) is 10.2 Å². The van der Waals surface area contributed by atoms with Gasteiger partial charge in [0.15, 0.2) is 0 Å². The van der Waals surface area contributed by atoms with Crippen molar-refractivity contribution in [2.24, 2.45) is 0 Å². The number of hydrogen-bond acceptors (Lipinski definition) is 3. The van der Waals surface area contributed by atoms with Crippen LogP contribution in [0.1, 0.15) is 18.5 Å². The molecule has 106 valence electrons. The van der Waals surface area contributed by atoms with Crippen LogP contribution in [0.2, 0.25) is 10.0 Å². The van der Waals surface area contributed by atoms with Gasteiger partial charge in [-0.1, -0.05) is 36.2 Å². The predicted octanol–water partition coefficient (Wildman–Crippen LogP) is 2.97. The van der Waals surface area contributed by atoms with E-state index in [1.165, 1.54) is 0 Å². The quantitative estimate of drug-likeness (QED) is 0.925. The number of rotatable bonds is 4. The summed E-state index contributed by atoms with van der Waals surface area (Å²) in [5.41, 5.74) is 0.979. The monoisotopic (exact) mass is 302 g/mol. The molecule has 1 aliphatic heterocycles. The lowest BCUT2D eigenvalue weighted by molar-refractivity contribution is -0.0686. The van der Waals surface area contributed by atoms with E-state index >= 15 is 0 Å². The Hall–Kier alpha value is -0.320. The Morgan fingerprint density at radius 1 is 1.37 bits per heavy atom. The minimum atomic E-state index is 0.0658. The van der Waals surface area contributed by atoms with Gasteiger partial charge in [-0.25, -0.2) is 0 Å². The average molecular weight is 303 g/mol. The fourth-order valence-corrected chi connectivity index (χ4v) is 3.30. The number of halogens is 2. The summed E-state index contributed by atoms with van der Waals surface area (Å²) in [6.45, 7) is 5.54. The standard InChI is InChI=1S/C14H20Cl2N2O/c1-3-18-7-8-19-12(9-17-2)14(18)13-10(15)5-4-6-11(13)16/h4-6,12,14,17H,3,7-9H2,1-2H3. The van der Waals surface area contributed by atoms with Gasteiger partial charge in [-0.2, -0.15) is 0 Å². The molecule has 1 aromatic carbocycles. The van der Waals surface area contributed by atoms with Crippen molar-refractivity contribution in [1.29, 1.82) is 0 Å². The van der Waals surface area contributed by atoms with Gasteiger partial charge in [-0.05, 0) is 25.7 Å². The van der Waals surface area contributed by atoms with E-state index in [1.54, 1.807) is 0 Å². The van der Waals surface area contributed by atoms with Gasteiger partial charge in [0, 0.05) is 28.7 Å². The Morgan fingerprint density at radius 3 is 2.63 bits per heavy atom. The van der Waals surface area contributed by atoms with Crippen LogP contribution in [-0.4, -0.2) is 44.3 Å². The molecule has 1 N–H and O–H groups in total. The molecular weight excluding hydrogens is 283 g/mol. The largest absolute Gasteiger partial charge is 0.374 e. The molecule has 0 aromatic heterocycles. The van der Waals surface area contributed by atoms with Crippen LogP contribution in [0.25, 0.3) is 0 Å². The maximum absolute atomic E-state index is 6.36. The maximum Gasteiger partial charge on any atom is 0.0897 e. The number of morpholine rings is 1. The molecule has 0 spiro atoms. The van der Waals surface area contributed by atoms with Gasteiger partial charge >= 0.3 is 0 Å². The molecule has 0 bridgehead atoms. The summed E-state index contributed by atoms with van der Waals surface area (Å²) in [6, 6.07) is 5.76. The molecule has 2 unspecified atom stereocenters. The highest BCUT2D eigenvalue weighted by Crippen LogP contribution is 2.37. The Bertz CT molecular complexity index is 406. The second kappa shape index (κ2) is 6.91. The average Bonchev–Trinajstić information content (AvgIpc) is 2.40. The minimum absolute atomic E-state index is 0.0658. The molecule has 0 saturated carbocycles. The van der Waals surface area contributed by atoms with E-state index in [1.807, 2.05) is 25.2 Å². The highest BCUT2D eigenvalue weighted by atomic mass is 35.5. The molecule has 3 nitrogen and oxygen atoms in total. The zero-order valence-corrected chi connectivity index (χ0v) is 12.8. The fourth-order valence-electron chi connectivity index (χ4n) is 2.67. The SMILES string of the molecule is CCN1CCOC(CNC)C1c1c(Cl)cccc1Cl. The van der Waals surface area contributed by atoms with Crippen LogP contribution in [0, 0.1) is 0 Å². The summed E-state index contributed by atoms with van der Waals surface area (Å²) < 4.78 is 5.91. The number of ether oxygens (including phenoxy) is 1. The molecule has 0 amide bonds. The lowest BCUT2D eigenvalue weighted by Crippen LogP contribution is -2.48. The third-order valence-electron chi connectivity index (χ3n) is 3.56. The summed E-state index contributed by atoms with van der Waals surface area (Å²) in [6.07, 6.45) is 0.0658. The molecule has 19 heavy (non-hydrogen) atoms. The highest BCUT2D eigenvalue weighted by Gasteiger charge is 2.34. The smallest absolute Gasteiger partial charge is 0.0897 e. The van der Waals surface area contributed by atoms with Crippen LogP contribution in [0.3, 0.4) is 0 Å². The van der Waals surface area contributed by atoms with Crippen molar-refractivity contribution >= 4 is 23.2 Å². The van der Waals surface area contributed by atoms with Gasteiger partial charge in [-0.15, -0.1) is 0 Å². The number of benzene rings is 1. The second-order valence-electron chi connectivity index (χ2n) is 4.68. The molecule has 1 aromatic rings. The molecule has 0 aliphatic carbocycles. The van der Waals surface area contributed by atoms with Gasteiger partial charge < -0.3 is 10.1 Å². The lowest BCUT2D eigenvalue weighted by atomic mass is 9.97. The number of nitrogens with zero attached hydrogens (tertiary/aromatic N) is 1. The van der Waals surface area contributed by atoms with Crippen molar-refractivity contribution < 1.29 is 4.74 Å². The van der Waals surface area contributed by atoms with Crippen LogP contribution >= 0.6 is 23.2 Å². The molecule has 2 atom stereocenters. The van der Waals surface area contributed by atoms with Crippen LogP contribution in [0.15, 0.2) is 18.2 Å². The first-order valence-electron chi connectivity index (χ1n) is 6.63. The van der Waals surface area contributed by atoms with Crippen LogP contribution in [0.5, 0.6) is 0 Å². The Balaban J connectivity index is 2.39. The normalized spacial score (nSPS) is 24.6. The van der Waals surface area contributed by atoms with Crippen LogP contribution < -0.4 is 5.32 Å². The summed E-state index contributed by atoms with van der Waals surface area (Å²) in [5, 5.41) is 4.60. The topological polar surface area (TPSA) is 24.5 Å². The predicted molar refractivity (Wildman–Crippen MR) is 80.1 cm³/mol. The van der Waals surface area contributed by atoms with E-state index in [0.29, 0.717) is 10.0 Å². The number of likely N-dealkylation sites (N-methyl/N-ethyl adjacent to an activating group) is 2. The zero-order chi connectivity index (χ0) is 13.8. The Labute approximate surface area is 124 Å². The van der Waals surface area contributed by atoms with Crippen LogP contribution in [0.4, 0.5) is 0 Å². The van der Waals surface area contributed by atoms with E-state index in [9.17, 15) is 0 Å². The third-order valence-corrected chi connectivity index (χ3v) is 4.22. The molecule has 1 saturated heterocycles. The third kappa shape index (κ3) is 3.23. The van der Waals surface area contributed by atoms with Gasteiger partial charge in [0.25, 0.3) is 0 Å². The molecule has 5 heteroatoms. The van der Waals surface area contributed by atoms with Crippen molar-refractivity contribution in [3.8, 4) is 0 Å². The van der Waals surface area contributed by atoms with E-state index < -0.39 is 0 Å². The molecular formula is C14H20Cl2N2O. The van der Waals surface area contributed by atoms with Crippen molar-refractivity contribution in [3.63, 3.8) is 0 Å². The summed E-state index contributed by atoms with van der Waals surface area (Å²) in [4.78, 5) is 2.37. The molecule has 0 radical (unpaired) electrons. The van der Waals surface area contributed by atoms with Gasteiger partial charge in [0.05, 0.1) is 18.8 Å². The second-order valence-corrected chi connectivity index (χ2v) is 5.49. The fraction of sp³-hybridized carbons (Fsp3) is 0.571. The Morgan fingerprint density at radius 2 is 2.05 bits per heavy atom. The highest BCUT2D eigenvalue weighted by molar-refractivity contribution is 6.36. The van der Waals surface area contributed by atoms with Crippen molar-refractivity contribution in [2.45, 2.75) is 19.1 Å². The van der Waals surface area contributed by atoms with Crippen LogP contribution in [-0.2, 0) is 4.74 Å². The van der Waals surface area contributed by atoms with Gasteiger partial charge in [-0.3, -0.25) is 4.90 Å². The summed E-state index contributed by atoms with van der Waals surface area (Å²) in [7, 11) is 1.93. The molecule has 1 heterocycles. The zero-order valence-electron chi connectivity index (χ0n) is 11.3. The summed E-state index contributed by atoms with van der Waals surface area (Å²) in [5.74, 6) is 0. The van der Waals surface area contributed by atoms with Gasteiger partial charge in [0.1, 0.15) is 0 Å². The van der Waals surface area contributed by atoms with E-state index in [0.717, 1.165) is 31.8 Å². The first-order valence-corrected chi connectivity index (χ1v) is 7.38. The molecule has 1 aliphatic rings. The number of hydrogen-bond donors (Lipinski definition) is 1. The first-order chi connectivity index (χ1) is 9.19. The van der Waals surface area contributed by atoms with Gasteiger partial charge in [0.2, 0.25) is 0 Å². The first kappa shape index (κ1) is 15.1. The maximum atomic E-state index is 6.36. The van der Waals surface area contributed by atoms with Crippen molar-refractivity contribution in [3.05, 3.63) is 33.8 Å². The molecule has 2 rings (SSSR count). The van der Waals surface area contributed by atoms with E-state index in [4.69, 9.17) is 27.9 Å².